The predicted molar refractivity (Wildman–Crippen MR) is 99.7 cm³/mol. The number of benzene rings is 1. The Morgan fingerprint density at radius 2 is 2.07 bits per heavy atom. The zero-order valence-corrected chi connectivity index (χ0v) is 15.7. The van der Waals surface area contributed by atoms with E-state index in [9.17, 15) is 18.8 Å². The summed E-state index contributed by atoms with van der Waals surface area (Å²) in [6, 6.07) is 5.41. The lowest BCUT2D eigenvalue weighted by Crippen LogP contribution is -2.46. The van der Waals surface area contributed by atoms with E-state index in [0.29, 0.717) is 29.2 Å². The van der Waals surface area contributed by atoms with Gasteiger partial charge in [0.15, 0.2) is 5.13 Å². The van der Waals surface area contributed by atoms with Crippen molar-refractivity contribution in [2.45, 2.75) is 32.2 Å². The zero-order valence-electron chi connectivity index (χ0n) is 14.9. The van der Waals surface area contributed by atoms with Crippen LogP contribution in [0.4, 0.5) is 14.3 Å². The highest BCUT2D eigenvalue weighted by Crippen LogP contribution is 2.26. The molecule has 0 atom stereocenters. The molecule has 1 aromatic heterocycles. The van der Waals surface area contributed by atoms with Crippen molar-refractivity contribution in [2.24, 2.45) is 0 Å². The average molecular weight is 390 g/mol. The van der Waals surface area contributed by atoms with E-state index in [2.05, 4.69) is 15.6 Å². The number of nitrogens with one attached hydrogen (secondary N) is 2. The fourth-order valence-corrected chi connectivity index (χ4v) is 3.70. The predicted octanol–water partition coefficient (Wildman–Crippen LogP) is 3.00. The van der Waals surface area contributed by atoms with E-state index in [0.717, 1.165) is 4.90 Å². The van der Waals surface area contributed by atoms with Gasteiger partial charge in [0.25, 0.3) is 5.91 Å². The molecule has 1 aliphatic rings. The molecule has 142 valence electrons. The van der Waals surface area contributed by atoms with Crippen molar-refractivity contribution in [3.63, 3.8) is 0 Å². The molecule has 4 amide bonds. The molecule has 0 radical (unpaired) electrons. The van der Waals surface area contributed by atoms with Crippen LogP contribution >= 0.6 is 11.3 Å². The number of thiazole rings is 1. The fraction of sp³-hybridized carbons (Fsp3) is 0.333. The van der Waals surface area contributed by atoms with E-state index < -0.39 is 23.4 Å². The Morgan fingerprint density at radius 3 is 2.70 bits per heavy atom. The molecule has 1 saturated heterocycles. The minimum absolute atomic E-state index is 0.309. The van der Waals surface area contributed by atoms with Gasteiger partial charge in [0.1, 0.15) is 17.9 Å². The van der Waals surface area contributed by atoms with Gasteiger partial charge in [0.2, 0.25) is 5.91 Å². The van der Waals surface area contributed by atoms with Gasteiger partial charge in [-0.2, -0.15) is 0 Å². The van der Waals surface area contributed by atoms with Crippen molar-refractivity contribution >= 4 is 34.3 Å². The van der Waals surface area contributed by atoms with Gasteiger partial charge in [-0.15, -0.1) is 11.3 Å². The van der Waals surface area contributed by atoms with Crippen molar-refractivity contribution in [3.8, 4) is 11.3 Å². The lowest BCUT2D eigenvalue weighted by atomic mass is 9.93. The molecule has 0 saturated carbocycles. The van der Waals surface area contributed by atoms with Gasteiger partial charge < -0.3 is 10.6 Å². The molecule has 1 fully saturated rings. The lowest BCUT2D eigenvalue weighted by molar-refractivity contribution is -0.134. The van der Waals surface area contributed by atoms with Crippen molar-refractivity contribution in [1.29, 1.82) is 0 Å². The second-order valence-corrected chi connectivity index (χ2v) is 7.07. The first kappa shape index (κ1) is 19.0. The van der Waals surface area contributed by atoms with Crippen molar-refractivity contribution in [3.05, 3.63) is 35.5 Å². The third kappa shape index (κ3) is 3.68. The van der Waals surface area contributed by atoms with Crippen molar-refractivity contribution in [2.75, 3.05) is 11.9 Å². The highest BCUT2D eigenvalue weighted by molar-refractivity contribution is 7.14. The van der Waals surface area contributed by atoms with E-state index in [4.69, 9.17) is 0 Å². The third-order valence-corrected chi connectivity index (χ3v) is 5.38. The molecule has 0 spiro atoms. The van der Waals surface area contributed by atoms with Gasteiger partial charge >= 0.3 is 6.03 Å². The number of rotatable bonds is 6. The molecule has 2 N–H and O–H groups in total. The summed E-state index contributed by atoms with van der Waals surface area (Å²) >= 11 is 1.18. The molecular formula is C18H19FN4O3S. The molecule has 0 unspecified atom stereocenters. The summed E-state index contributed by atoms with van der Waals surface area (Å²) in [6.07, 6.45) is 0.908. The number of halogens is 1. The number of imide groups is 1. The normalized spacial score (nSPS) is 15.7. The standard InChI is InChI=1S/C18H19FN4O3S/c1-3-18(4-2)15(25)23(17(26)22-18)9-14(24)21-16-20-13(10-27-16)11-6-5-7-12(19)8-11/h5-8,10H,3-4,9H2,1-2H3,(H,22,26)(H,20,21,24). The van der Waals surface area contributed by atoms with Crippen LogP contribution in [0.5, 0.6) is 0 Å². The maximum Gasteiger partial charge on any atom is 0.325 e. The Bertz CT molecular complexity index is 894. The maximum absolute atomic E-state index is 13.3. The first-order chi connectivity index (χ1) is 12.9. The number of anilines is 1. The van der Waals surface area contributed by atoms with Crippen LogP contribution in [0.15, 0.2) is 29.6 Å². The van der Waals surface area contributed by atoms with E-state index in [1.54, 1.807) is 17.5 Å². The van der Waals surface area contributed by atoms with Crippen LogP contribution in [0.1, 0.15) is 26.7 Å². The van der Waals surface area contributed by atoms with Crippen molar-refractivity contribution in [1.82, 2.24) is 15.2 Å². The Hall–Kier alpha value is -2.81. The Balaban J connectivity index is 1.67. The molecule has 7 nitrogen and oxygen atoms in total. The van der Waals surface area contributed by atoms with E-state index in [1.165, 1.54) is 23.5 Å². The molecule has 2 aromatic rings. The first-order valence-electron chi connectivity index (χ1n) is 8.54. The van der Waals surface area contributed by atoms with Crippen LogP contribution in [0.3, 0.4) is 0 Å². The number of carbonyl (C=O) groups excluding carboxylic acids is 3. The topological polar surface area (TPSA) is 91.4 Å². The monoisotopic (exact) mass is 390 g/mol. The zero-order chi connectivity index (χ0) is 19.6. The second kappa shape index (κ2) is 7.43. The summed E-state index contributed by atoms with van der Waals surface area (Å²) in [4.78, 5) is 42.1. The number of carbonyl (C=O) groups is 3. The molecule has 3 rings (SSSR count). The van der Waals surface area contributed by atoms with Gasteiger partial charge in [0.05, 0.1) is 5.69 Å². The summed E-state index contributed by atoms with van der Waals surface area (Å²) in [5.41, 5.74) is 0.181. The highest BCUT2D eigenvalue weighted by Gasteiger charge is 2.49. The minimum atomic E-state index is -0.941. The number of urea groups is 1. The number of amides is 4. The van der Waals surface area contributed by atoms with Crippen LogP contribution in [0.2, 0.25) is 0 Å². The van der Waals surface area contributed by atoms with Gasteiger partial charge in [-0.3, -0.25) is 14.5 Å². The molecule has 1 aromatic carbocycles. The molecule has 0 aliphatic carbocycles. The first-order valence-corrected chi connectivity index (χ1v) is 9.42. The van der Waals surface area contributed by atoms with Gasteiger partial charge in [-0.25, -0.2) is 14.2 Å². The van der Waals surface area contributed by atoms with Crippen LogP contribution < -0.4 is 10.6 Å². The largest absolute Gasteiger partial charge is 0.325 e. The summed E-state index contributed by atoms with van der Waals surface area (Å²) in [7, 11) is 0. The minimum Gasteiger partial charge on any atom is -0.323 e. The van der Waals surface area contributed by atoms with E-state index in [1.807, 2.05) is 13.8 Å². The van der Waals surface area contributed by atoms with E-state index in [-0.39, 0.29) is 12.4 Å². The molecular weight excluding hydrogens is 371 g/mol. The van der Waals surface area contributed by atoms with Crippen LogP contribution in [-0.2, 0) is 9.59 Å². The van der Waals surface area contributed by atoms with Crippen LogP contribution in [-0.4, -0.2) is 39.8 Å². The number of aromatic nitrogens is 1. The summed E-state index contributed by atoms with van der Waals surface area (Å²) in [5.74, 6) is -1.30. The quantitative estimate of drug-likeness (QED) is 0.742. The molecule has 9 heteroatoms. The fourth-order valence-electron chi connectivity index (χ4n) is 2.96. The van der Waals surface area contributed by atoms with Crippen LogP contribution in [0.25, 0.3) is 11.3 Å². The SMILES string of the molecule is CCC1(CC)NC(=O)N(CC(=O)Nc2nc(-c3cccc(F)c3)cs2)C1=O. The smallest absolute Gasteiger partial charge is 0.323 e. The number of nitrogens with zero attached hydrogens (tertiary/aromatic N) is 2. The summed E-state index contributed by atoms with van der Waals surface area (Å²) in [6.45, 7) is 3.24. The molecule has 1 aliphatic heterocycles. The Labute approximate surface area is 159 Å². The number of hydrogen-bond acceptors (Lipinski definition) is 5. The maximum atomic E-state index is 13.3. The Kier molecular flexibility index (Phi) is 5.22. The van der Waals surface area contributed by atoms with Gasteiger partial charge in [-0.05, 0) is 25.0 Å². The van der Waals surface area contributed by atoms with Crippen LogP contribution in [0, 0.1) is 5.82 Å². The second-order valence-electron chi connectivity index (χ2n) is 6.21. The summed E-state index contributed by atoms with van der Waals surface area (Å²) < 4.78 is 13.3. The summed E-state index contributed by atoms with van der Waals surface area (Å²) in [5, 5.41) is 7.26. The van der Waals surface area contributed by atoms with Crippen molar-refractivity contribution < 1.29 is 18.8 Å². The average Bonchev–Trinajstić information content (AvgIpc) is 3.20. The molecule has 27 heavy (non-hydrogen) atoms. The molecule has 0 bridgehead atoms. The highest BCUT2D eigenvalue weighted by atomic mass is 32.1. The lowest BCUT2D eigenvalue weighted by Gasteiger charge is -2.22. The van der Waals surface area contributed by atoms with E-state index >= 15 is 0 Å². The third-order valence-electron chi connectivity index (χ3n) is 4.63. The van der Waals surface area contributed by atoms with Gasteiger partial charge in [-0.1, -0.05) is 26.0 Å². The Morgan fingerprint density at radius 1 is 1.33 bits per heavy atom. The molecule has 2 heterocycles. The number of hydrogen-bond donors (Lipinski definition) is 2. The van der Waals surface area contributed by atoms with Gasteiger partial charge in [0, 0.05) is 10.9 Å².